The monoisotopic (exact) mass is 361 g/mol. The van der Waals surface area contributed by atoms with E-state index < -0.39 is 36.7 Å². The Morgan fingerprint density at radius 1 is 1.38 bits per heavy atom. The van der Waals surface area contributed by atoms with Gasteiger partial charge in [0.15, 0.2) is 22.1 Å². The van der Waals surface area contributed by atoms with E-state index in [0.717, 1.165) is 0 Å². The van der Waals surface area contributed by atoms with Crippen molar-refractivity contribution in [1.82, 2.24) is 19.5 Å². The number of nitrogens with two attached hydrogens (primary N) is 1. The number of H-pyrrole nitrogens is 1. The first-order valence-corrected chi connectivity index (χ1v) is 6.79. The maximum Gasteiger partial charge on any atom is 0.280 e. The van der Waals surface area contributed by atoms with E-state index in [-0.39, 0.29) is 21.8 Å². The first kappa shape index (κ1) is 14.4. The molecule has 114 valence electrons. The van der Waals surface area contributed by atoms with Crippen molar-refractivity contribution in [3.05, 3.63) is 15.1 Å². The number of anilines is 1. The maximum atomic E-state index is 11.8. The average molecular weight is 362 g/mol. The zero-order valence-corrected chi connectivity index (χ0v) is 12.1. The molecule has 1 aliphatic heterocycles. The molecule has 3 rings (SSSR count). The summed E-state index contributed by atoms with van der Waals surface area (Å²) < 4.78 is 6.87. The topological polar surface area (TPSA) is 160 Å². The Labute approximate surface area is 125 Å². The Bertz CT molecular complexity index is 745. The lowest BCUT2D eigenvalue weighted by molar-refractivity contribution is -0.0521. The molecule has 0 aliphatic carbocycles. The van der Waals surface area contributed by atoms with Crippen molar-refractivity contribution >= 4 is 33.0 Å². The van der Waals surface area contributed by atoms with Crippen LogP contribution in [0.3, 0.4) is 0 Å². The van der Waals surface area contributed by atoms with Gasteiger partial charge >= 0.3 is 0 Å². The van der Waals surface area contributed by atoms with Gasteiger partial charge in [-0.2, -0.15) is 4.98 Å². The van der Waals surface area contributed by atoms with Crippen LogP contribution in [0.25, 0.3) is 11.2 Å². The number of nitrogens with one attached hydrogen (secondary N) is 1. The number of halogens is 1. The number of rotatable bonds is 2. The van der Waals surface area contributed by atoms with Gasteiger partial charge < -0.3 is 25.8 Å². The number of aromatic amines is 1. The fourth-order valence-corrected chi connectivity index (χ4v) is 2.84. The molecule has 1 saturated heterocycles. The normalized spacial score (nSPS) is 29.3. The average Bonchev–Trinajstić information content (AvgIpc) is 2.89. The van der Waals surface area contributed by atoms with E-state index in [1.54, 1.807) is 0 Å². The van der Waals surface area contributed by atoms with Gasteiger partial charge in [0.25, 0.3) is 5.56 Å². The fourth-order valence-electron chi connectivity index (χ4n) is 2.29. The summed E-state index contributed by atoms with van der Waals surface area (Å²) in [5, 5.41) is 29.0. The molecule has 0 amide bonds. The van der Waals surface area contributed by atoms with Crippen LogP contribution in [0.15, 0.2) is 9.53 Å². The predicted octanol–water partition coefficient (Wildman–Crippen LogP) is -1.92. The molecule has 21 heavy (non-hydrogen) atoms. The van der Waals surface area contributed by atoms with Crippen molar-refractivity contribution in [3.63, 3.8) is 0 Å². The lowest BCUT2D eigenvalue weighted by atomic mass is 10.1. The summed E-state index contributed by atoms with van der Waals surface area (Å²) in [6.07, 6.45) is -4.61. The minimum absolute atomic E-state index is 0.00816. The minimum atomic E-state index is -1.32. The number of imidazole rings is 1. The molecule has 1 aliphatic rings. The molecule has 0 spiro atoms. The Balaban J connectivity index is 2.17. The van der Waals surface area contributed by atoms with Crippen LogP contribution >= 0.6 is 15.9 Å². The van der Waals surface area contributed by atoms with E-state index in [1.807, 2.05) is 0 Å². The number of aromatic nitrogens is 4. The molecule has 3 heterocycles. The van der Waals surface area contributed by atoms with Gasteiger partial charge in [0, 0.05) is 0 Å². The molecule has 2 aromatic rings. The summed E-state index contributed by atoms with van der Waals surface area (Å²) in [7, 11) is 0. The second-order valence-corrected chi connectivity index (χ2v) is 5.31. The van der Waals surface area contributed by atoms with Gasteiger partial charge in [-0.1, -0.05) is 0 Å². The molecule has 10 nitrogen and oxygen atoms in total. The number of hydrogen-bond donors (Lipinski definition) is 5. The zero-order valence-electron chi connectivity index (χ0n) is 10.5. The summed E-state index contributed by atoms with van der Waals surface area (Å²) in [4.78, 5) is 22.0. The summed E-state index contributed by atoms with van der Waals surface area (Å²) in [5.74, 6) is -0.118. The lowest BCUT2D eigenvalue weighted by Crippen LogP contribution is -2.33. The van der Waals surface area contributed by atoms with Crippen LogP contribution < -0.4 is 11.3 Å². The van der Waals surface area contributed by atoms with Crippen molar-refractivity contribution in [2.24, 2.45) is 0 Å². The lowest BCUT2D eigenvalue weighted by Gasteiger charge is -2.17. The molecule has 2 aromatic heterocycles. The Morgan fingerprint density at radius 2 is 2.10 bits per heavy atom. The first-order valence-electron chi connectivity index (χ1n) is 5.99. The van der Waals surface area contributed by atoms with Crippen LogP contribution in [-0.2, 0) is 4.74 Å². The molecule has 0 aromatic carbocycles. The maximum absolute atomic E-state index is 11.8. The highest BCUT2D eigenvalue weighted by Crippen LogP contribution is 2.33. The SMILES string of the molecule is Nc1nc2c(nc(Br)n2[C@H]2OC(CO)C(O)C2O)c(=O)[nH]1. The molecule has 1 fully saturated rings. The third-order valence-corrected chi connectivity index (χ3v) is 3.86. The van der Waals surface area contributed by atoms with E-state index in [1.165, 1.54) is 4.57 Å². The third kappa shape index (κ3) is 2.13. The molecular weight excluding hydrogens is 350 g/mol. The summed E-state index contributed by atoms with van der Waals surface area (Å²) in [6, 6.07) is 0. The number of fused-ring (bicyclic) bond motifs is 1. The highest BCUT2D eigenvalue weighted by Gasteiger charge is 2.44. The van der Waals surface area contributed by atoms with Crippen LogP contribution in [0.4, 0.5) is 5.95 Å². The smallest absolute Gasteiger partial charge is 0.280 e. The molecule has 0 radical (unpaired) electrons. The Kier molecular flexibility index (Phi) is 3.45. The fraction of sp³-hybridized carbons (Fsp3) is 0.500. The van der Waals surface area contributed by atoms with Crippen molar-refractivity contribution < 1.29 is 20.1 Å². The number of ether oxygens (including phenoxy) is 1. The Hall–Kier alpha value is -1.53. The van der Waals surface area contributed by atoms with Gasteiger partial charge in [-0.15, -0.1) is 0 Å². The van der Waals surface area contributed by atoms with Gasteiger partial charge in [0.2, 0.25) is 5.95 Å². The van der Waals surface area contributed by atoms with Crippen molar-refractivity contribution in [2.75, 3.05) is 12.3 Å². The first-order chi connectivity index (χ1) is 9.93. The second kappa shape index (κ2) is 5.03. The summed E-state index contributed by atoms with van der Waals surface area (Å²) in [5.41, 5.74) is 5.07. The quantitative estimate of drug-likeness (QED) is 0.387. The van der Waals surface area contributed by atoms with Gasteiger partial charge in [-0.3, -0.25) is 14.3 Å². The minimum Gasteiger partial charge on any atom is -0.394 e. The molecular formula is C10H12BrN5O5. The number of aliphatic hydroxyl groups excluding tert-OH is 3. The largest absolute Gasteiger partial charge is 0.394 e. The number of hydrogen-bond acceptors (Lipinski definition) is 8. The van der Waals surface area contributed by atoms with E-state index >= 15 is 0 Å². The van der Waals surface area contributed by atoms with Crippen molar-refractivity contribution in [1.29, 1.82) is 0 Å². The van der Waals surface area contributed by atoms with E-state index in [2.05, 4.69) is 30.9 Å². The van der Waals surface area contributed by atoms with Crippen LogP contribution in [-0.4, -0.2) is 59.8 Å². The van der Waals surface area contributed by atoms with E-state index in [4.69, 9.17) is 15.6 Å². The molecule has 6 N–H and O–H groups in total. The van der Waals surface area contributed by atoms with Crippen LogP contribution in [0.5, 0.6) is 0 Å². The van der Waals surface area contributed by atoms with Gasteiger partial charge in [0.05, 0.1) is 6.61 Å². The standard InChI is InChI=1S/C10H12BrN5O5/c11-9-13-3-6(14-10(12)15-7(3)20)16(9)8-5(19)4(18)2(1-17)21-8/h2,4-5,8,17-19H,1H2,(H3,12,14,15,20)/t2?,4?,5?,8-/m0/s1. The Morgan fingerprint density at radius 3 is 2.71 bits per heavy atom. The van der Waals surface area contributed by atoms with Crippen LogP contribution in [0.1, 0.15) is 6.23 Å². The highest BCUT2D eigenvalue weighted by atomic mass is 79.9. The summed E-state index contributed by atoms with van der Waals surface area (Å²) in [6.45, 7) is -0.463. The van der Waals surface area contributed by atoms with Gasteiger partial charge in [-0.05, 0) is 15.9 Å². The third-order valence-electron chi connectivity index (χ3n) is 3.30. The van der Waals surface area contributed by atoms with Crippen molar-refractivity contribution in [3.8, 4) is 0 Å². The van der Waals surface area contributed by atoms with E-state index in [0.29, 0.717) is 0 Å². The highest BCUT2D eigenvalue weighted by molar-refractivity contribution is 9.10. The molecule has 4 atom stereocenters. The summed E-state index contributed by atoms with van der Waals surface area (Å²) >= 11 is 3.15. The van der Waals surface area contributed by atoms with Gasteiger partial charge in [0.1, 0.15) is 18.3 Å². The number of nitrogens with zero attached hydrogens (tertiary/aromatic N) is 3. The number of nitrogen functional groups attached to an aromatic ring is 1. The molecule has 0 saturated carbocycles. The van der Waals surface area contributed by atoms with E-state index in [9.17, 15) is 15.0 Å². The van der Waals surface area contributed by atoms with Crippen molar-refractivity contribution in [2.45, 2.75) is 24.5 Å². The molecule has 0 bridgehead atoms. The number of aliphatic hydroxyl groups is 3. The van der Waals surface area contributed by atoms with Gasteiger partial charge in [-0.25, -0.2) is 4.98 Å². The second-order valence-electron chi connectivity index (χ2n) is 4.60. The predicted molar refractivity (Wildman–Crippen MR) is 73.3 cm³/mol. The van der Waals surface area contributed by atoms with Crippen LogP contribution in [0.2, 0.25) is 0 Å². The molecule has 11 heteroatoms. The zero-order chi connectivity index (χ0) is 15.3. The van der Waals surface area contributed by atoms with Crippen LogP contribution in [0, 0.1) is 0 Å². The molecule has 3 unspecified atom stereocenters.